The standard InChI is InChI=1S/C16H22O2.C9H9IO2/c1-3-5-6-7-8-9-14-10-12-15(13-11-14)16(17)18-4-2;1-2-12-9(11)7-3-5-8(10)6-4-7/h8-13H,3-7H2,1-2H3;3-6H,2H2,1H3/b9-8-;. The number of hydrogen-bond donors (Lipinski definition) is 0. The van der Waals surface area contributed by atoms with Crippen LogP contribution in [0.5, 0.6) is 0 Å². The van der Waals surface area contributed by atoms with E-state index in [9.17, 15) is 9.59 Å². The average Bonchev–Trinajstić information content (AvgIpc) is 2.75. The van der Waals surface area contributed by atoms with E-state index in [-0.39, 0.29) is 11.9 Å². The molecule has 0 aliphatic heterocycles. The summed E-state index contributed by atoms with van der Waals surface area (Å²) in [5.41, 5.74) is 2.34. The maximum Gasteiger partial charge on any atom is 0.338 e. The molecule has 0 unspecified atom stereocenters. The molecule has 0 N–H and O–H groups in total. The quantitative estimate of drug-likeness (QED) is 0.204. The van der Waals surface area contributed by atoms with Crippen molar-refractivity contribution in [1.82, 2.24) is 0 Å². The van der Waals surface area contributed by atoms with Crippen molar-refractivity contribution in [2.45, 2.75) is 46.5 Å². The number of halogens is 1. The lowest BCUT2D eigenvalue weighted by atomic mass is 10.1. The summed E-state index contributed by atoms with van der Waals surface area (Å²) in [7, 11) is 0. The molecule has 162 valence electrons. The number of allylic oxidation sites excluding steroid dienone is 1. The van der Waals surface area contributed by atoms with Gasteiger partial charge in [-0.2, -0.15) is 0 Å². The monoisotopic (exact) mass is 522 g/mol. The lowest BCUT2D eigenvalue weighted by molar-refractivity contribution is 0.0516. The van der Waals surface area contributed by atoms with Crippen molar-refractivity contribution >= 4 is 40.6 Å². The van der Waals surface area contributed by atoms with Gasteiger partial charge in [-0.25, -0.2) is 9.59 Å². The van der Waals surface area contributed by atoms with Gasteiger partial charge in [0.25, 0.3) is 0 Å². The molecule has 2 rings (SSSR count). The van der Waals surface area contributed by atoms with Crippen LogP contribution in [0.25, 0.3) is 6.08 Å². The molecule has 30 heavy (non-hydrogen) atoms. The van der Waals surface area contributed by atoms with Crippen molar-refractivity contribution in [3.8, 4) is 0 Å². The van der Waals surface area contributed by atoms with Gasteiger partial charge < -0.3 is 9.47 Å². The molecule has 4 nitrogen and oxygen atoms in total. The van der Waals surface area contributed by atoms with Crippen molar-refractivity contribution in [3.63, 3.8) is 0 Å². The largest absolute Gasteiger partial charge is 0.462 e. The highest BCUT2D eigenvalue weighted by molar-refractivity contribution is 14.1. The number of carbonyl (C=O) groups excluding carboxylic acids is 2. The van der Waals surface area contributed by atoms with Gasteiger partial charge in [0.2, 0.25) is 0 Å². The van der Waals surface area contributed by atoms with Crippen LogP contribution >= 0.6 is 22.6 Å². The summed E-state index contributed by atoms with van der Waals surface area (Å²) < 4.78 is 10.9. The summed E-state index contributed by atoms with van der Waals surface area (Å²) in [6.07, 6.45) is 9.19. The minimum atomic E-state index is -0.256. The van der Waals surface area contributed by atoms with Crippen molar-refractivity contribution in [3.05, 3.63) is 74.9 Å². The Morgan fingerprint density at radius 3 is 1.77 bits per heavy atom. The normalized spacial score (nSPS) is 10.3. The van der Waals surface area contributed by atoms with Crippen LogP contribution in [0, 0.1) is 3.57 Å². The first-order valence-corrected chi connectivity index (χ1v) is 11.5. The molecular weight excluding hydrogens is 491 g/mol. The Bertz CT molecular complexity index is 780. The summed E-state index contributed by atoms with van der Waals surface area (Å²) in [6, 6.07) is 14.8. The molecule has 2 aromatic carbocycles. The fourth-order valence-electron chi connectivity index (χ4n) is 2.48. The lowest BCUT2D eigenvalue weighted by Crippen LogP contribution is -2.03. The second kappa shape index (κ2) is 15.7. The van der Waals surface area contributed by atoms with E-state index in [0.29, 0.717) is 24.3 Å². The van der Waals surface area contributed by atoms with Gasteiger partial charge >= 0.3 is 11.9 Å². The molecule has 0 saturated heterocycles. The zero-order chi connectivity index (χ0) is 22.2. The topological polar surface area (TPSA) is 52.6 Å². The molecule has 0 radical (unpaired) electrons. The number of esters is 2. The van der Waals surface area contributed by atoms with Crippen LogP contribution in [0.3, 0.4) is 0 Å². The van der Waals surface area contributed by atoms with E-state index >= 15 is 0 Å². The van der Waals surface area contributed by atoms with Crippen molar-refractivity contribution in [2.75, 3.05) is 13.2 Å². The van der Waals surface area contributed by atoms with E-state index < -0.39 is 0 Å². The fraction of sp³-hybridized carbons (Fsp3) is 0.360. The molecule has 2 aromatic rings. The summed E-state index contributed by atoms with van der Waals surface area (Å²) in [5, 5.41) is 0. The van der Waals surface area contributed by atoms with Crippen molar-refractivity contribution < 1.29 is 19.1 Å². The molecule has 0 aliphatic carbocycles. The first-order chi connectivity index (χ1) is 14.5. The Balaban J connectivity index is 0.000000325. The smallest absolute Gasteiger partial charge is 0.338 e. The minimum absolute atomic E-state index is 0.254. The molecule has 0 aliphatic rings. The van der Waals surface area contributed by atoms with E-state index in [1.807, 2.05) is 43.3 Å². The molecule has 0 fully saturated rings. The third-order valence-electron chi connectivity index (χ3n) is 4.06. The second-order valence-electron chi connectivity index (χ2n) is 6.47. The lowest BCUT2D eigenvalue weighted by Gasteiger charge is -2.01. The first kappa shape index (κ1) is 25.9. The molecule has 0 bridgehead atoms. The van der Waals surface area contributed by atoms with Gasteiger partial charge in [0.1, 0.15) is 0 Å². The molecule has 0 aromatic heterocycles. The predicted octanol–water partition coefficient (Wildman–Crippen LogP) is 6.92. The number of hydrogen-bond acceptors (Lipinski definition) is 4. The van der Waals surface area contributed by atoms with E-state index in [2.05, 4.69) is 41.7 Å². The van der Waals surface area contributed by atoms with Crippen LogP contribution in [0.1, 0.15) is 72.7 Å². The van der Waals surface area contributed by atoms with Gasteiger partial charge in [0.05, 0.1) is 24.3 Å². The average molecular weight is 522 g/mol. The molecular formula is C25H31IO4. The molecule has 0 saturated carbocycles. The number of rotatable bonds is 9. The Labute approximate surface area is 193 Å². The Morgan fingerprint density at radius 1 is 0.800 bits per heavy atom. The third kappa shape index (κ3) is 10.6. The molecule has 0 heterocycles. The van der Waals surface area contributed by atoms with Gasteiger partial charge in [-0.3, -0.25) is 0 Å². The van der Waals surface area contributed by atoms with Gasteiger partial charge in [-0.1, -0.05) is 44.1 Å². The van der Waals surface area contributed by atoms with Crippen LogP contribution in [-0.2, 0) is 9.47 Å². The third-order valence-corrected chi connectivity index (χ3v) is 4.78. The fourth-order valence-corrected chi connectivity index (χ4v) is 2.84. The van der Waals surface area contributed by atoms with Gasteiger partial charge in [0, 0.05) is 3.57 Å². The van der Waals surface area contributed by atoms with Crippen molar-refractivity contribution in [2.24, 2.45) is 0 Å². The highest BCUT2D eigenvalue weighted by Crippen LogP contribution is 2.09. The van der Waals surface area contributed by atoms with Gasteiger partial charge in [0.15, 0.2) is 0 Å². The summed E-state index contributed by atoms with van der Waals surface area (Å²) >= 11 is 2.19. The van der Waals surface area contributed by atoms with Crippen LogP contribution < -0.4 is 0 Å². The number of carbonyl (C=O) groups is 2. The Morgan fingerprint density at radius 2 is 1.30 bits per heavy atom. The van der Waals surface area contributed by atoms with Crippen LogP contribution in [-0.4, -0.2) is 25.2 Å². The predicted molar refractivity (Wildman–Crippen MR) is 131 cm³/mol. The molecule has 0 spiro atoms. The summed E-state index contributed by atoms with van der Waals surface area (Å²) in [6.45, 7) is 6.65. The Hall–Kier alpha value is -2.15. The highest BCUT2D eigenvalue weighted by Gasteiger charge is 2.05. The van der Waals surface area contributed by atoms with E-state index in [1.54, 1.807) is 19.1 Å². The zero-order valence-corrected chi connectivity index (χ0v) is 20.2. The van der Waals surface area contributed by atoms with E-state index in [1.165, 1.54) is 19.3 Å². The summed E-state index contributed by atoms with van der Waals surface area (Å²) in [4.78, 5) is 22.6. The minimum Gasteiger partial charge on any atom is -0.462 e. The number of ether oxygens (including phenoxy) is 2. The number of benzene rings is 2. The van der Waals surface area contributed by atoms with E-state index in [4.69, 9.17) is 9.47 Å². The van der Waals surface area contributed by atoms with Crippen LogP contribution in [0.4, 0.5) is 0 Å². The maximum absolute atomic E-state index is 11.4. The second-order valence-corrected chi connectivity index (χ2v) is 7.71. The van der Waals surface area contributed by atoms with Gasteiger partial charge in [-0.05, 0) is 91.2 Å². The van der Waals surface area contributed by atoms with Crippen LogP contribution in [0.2, 0.25) is 0 Å². The van der Waals surface area contributed by atoms with Crippen LogP contribution in [0.15, 0.2) is 54.6 Å². The highest BCUT2D eigenvalue weighted by atomic mass is 127. The van der Waals surface area contributed by atoms with Crippen molar-refractivity contribution in [1.29, 1.82) is 0 Å². The number of unbranched alkanes of at least 4 members (excludes halogenated alkanes) is 3. The summed E-state index contributed by atoms with van der Waals surface area (Å²) in [5.74, 6) is -0.509. The molecule has 0 atom stereocenters. The van der Waals surface area contributed by atoms with Gasteiger partial charge in [-0.15, -0.1) is 0 Å². The molecule has 5 heteroatoms. The first-order valence-electron chi connectivity index (χ1n) is 10.4. The zero-order valence-electron chi connectivity index (χ0n) is 18.0. The molecule has 0 amide bonds. The SMILES string of the molecule is CCCCC/C=C\c1ccc(C(=O)OCC)cc1.CCOC(=O)c1ccc(I)cc1. The maximum atomic E-state index is 11.4. The Kier molecular flexibility index (Phi) is 13.5. The van der Waals surface area contributed by atoms with E-state index in [0.717, 1.165) is 15.6 Å².